The Bertz CT molecular complexity index is 877. The number of ketones is 1. The van der Waals surface area contributed by atoms with Gasteiger partial charge < -0.3 is 10.0 Å². The van der Waals surface area contributed by atoms with Crippen molar-refractivity contribution < 1.29 is 14.7 Å². The van der Waals surface area contributed by atoms with Gasteiger partial charge in [0.1, 0.15) is 0 Å². The van der Waals surface area contributed by atoms with Gasteiger partial charge in [0.25, 0.3) is 5.91 Å². The van der Waals surface area contributed by atoms with E-state index in [4.69, 9.17) is 23.2 Å². The molecule has 2 aromatic rings. The lowest BCUT2D eigenvalue weighted by molar-refractivity contribution is -0.130. The second kappa shape index (κ2) is 6.90. The first kappa shape index (κ1) is 17.5. The standard InChI is InChI=1S/C19H15Cl2NO3/c1-11(23)16-17(14-8-7-13(20)9-15(14)21)22(19(25)18(16)24)10-12-5-3-2-4-6-12/h2-9,17,24H,10H2,1H3. The lowest BCUT2D eigenvalue weighted by Crippen LogP contribution is -2.30. The highest BCUT2D eigenvalue weighted by Crippen LogP contribution is 2.41. The highest BCUT2D eigenvalue weighted by Gasteiger charge is 2.43. The largest absolute Gasteiger partial charge is 0.503 e. The zero-order chi connectivity index (χ0) is 18.1. The fourth-order valence-electron chi connectivity index (χ4n) is 3.00. The molecule has 1 amide bonds. The first-order valence-corrected chi connectivity index (χ1v) is 8.39. The van der Waals surface area contributed by atoms with Crippen LogP contribution in [-0.4, -0.2) is 21.7 Å². The van der Waals surface area contributed by atoms with Crippen LogP contribution < -0.4 is 0 Å². The Morgan fingerprint density at radius 1 is 1.16 bits per heavy atom. The SMILES string of the molecule is CC(=O)C1=C(O)C(=O)N(Cc2ccccc2)C1c1ccc(Cl)cc1Cl. The summed E-state index contributed by atoms with van der Waals surface area (Å²) in [5.74, 6) is -1.50. The lowest BCUT2D eigenvalue weighted by atomic mass is 9.96. The Balaban J connectivity index is 2.10. The van der Waals surface area contributed by atoms with Crippen LogP contribution in [0.4, 0.5) is 0 Å². The van der Waals surface area contributed by atoms with Crippen molar-refractivity contribution in [2.75, 3.05) is 0 Å². The molecule has 0 saturated heterocycles. The lowest BCUT2D eigenvalue weighted by Gasteiger charge is -2.27. The molecular formula is C19H15Cl2NO3. The molecule has 0 aromatic heterocycles. The Kier molecular flexibility index (Phi) is 4.84. The minimum atomic E-state index is -0.755. The van der Waals surface area contributed by atoms with E-state index in [1.807, 2.05) is 30.3 Å². The van der Waals surface area contributed by atoms with Crippen molar-refractivity contribution in [1.82, 2.24) is 4.90 Å². The molecule has 1 aliphatic rings. The van der Waals surface area contributed by atoms with E-state index in [9.17, 15) is 14.7 Å². The Labute approximate surface area is 155 Å². The summed E-state index contributed by atoms with van der Waals surface area (Å²) in [7, 11) is 0. The van der Waals surface area contributed by atoms with E-state index in [1.54, 1.807) is 18.2 Å². The number of hydrogen-bond donors (Lipinski definition) is 1. The third kappa shape index (κ3) is 3.28. The van der Waals surface area contributed by atoms with E-state index in [1.165, 1.54) is 11.8 Å². The maximum atomic E-state index is 12.6. The van der Waals surface area contributed by atoms with Crippen molar-refractivity contribution in [3.63, 3.8) is 0 Å². The quantitative estimate of drug-likeness (QED) is 0.856. The molecule has 0 bridgehead atoms. The third-order valence-electron chi connectivity index (χ3n) is 4.14. The molecule has 6 heteroatoms. The first-order chi connectivity index (χ1) is 11.9. The third-order valence-corrected chi connectivity index (χ3v) is 4.70. The van der Waals surface area contributed by atoms with Gasteiger partial charge in [-0.05, 0) is 30.2 Å². The van der Waals surface area contributed by atoms with Crippen molar-refractivity contribution in [1.29, 1.82) is 0 Å². The molecule has 0 aliphatic carbocycles. The minimum absolute atomic E-state index is 0.0464. The highest BCUT2D eigenvalue weighted by atomic mass is 35.5. The molecule has 0 spiro atoms. The van der Waals surface area contributed by atoms with E-state index in [0.29, 0.717) is 15.6 Å². The number of carbonyl (C=O) groups excluding carboxylic acids is 2. The van der Waals surface area contributed by atoms with Crippen molar-refractivity contribution in [2.24, 2.45) is 0 Å². The number of nitrogens with zero attached hydrogens (tertiary/aromatic N) is 1. The van der Waals surface area contributed by atoms with Crippen LogP contribution in [-0.2, 0) is 16.1 Å². The first-order valence-electron chi connectivity index (χ1n) is 7.64. The summed E-state index contributed by atoms with van der Waals surface area (Å²) in [6.07, 6.45) is 0. The molecule has 1 unspecified atom stereocenters. The van der Waals surface area contributed by atoms with E-state index >= 15 is 0 Å². The summed E-state index contributed by atoms with van der Waals surface area (Å²) in [6.45, 7) is 1.56. The van der Waals surface area contributed by atoms with Crippen molar-refractivity contribution >= 4 is 34.9 Å². The van der Waals surface area contributed by atoms with E-state index in [0.717, 1.165) is 5.56 Å². The summed E-state index contributed by atoms with van der Waals surface area (Å²) in [6, 6.07) is 13.4. The number of halogens is 2. The molecule has 1 atom stereocenters. The molecule has 1 aliphatic heterocycles. The Morgan fingerprint density at radius 3 is 2.44 bits per heavy atom. The number of aliphatic hydroxyl groups excluding tert-OH is 1. The molecule has 0 fully saturated rings. The Morgan fingerprint density at radius 2 is 1.84 bits per heavy atom. The zero-order valence-electron chi connectivity index (χ0n) is 13.4. The summed E-state index contributed by atoms with van der Waals surface area (Å²) >= 11 is 12.3. The number of hydrogen-bond acceptors (Lipinski definition) is 3. The average molecular weight is 376 g/mol. The molecule has 128 valence electrons. The van der Waals surface area contributed by atoms with Crippen LogP contribution in [0.25, 0.3) is 0 Å². The van der Waals surface area contributed by atoms with Gasteiger partial charge in [-0.1, -0.05) is 59.6 Å². The van der Waals surface area contributed by atoms with Crippen LogP contribution in [0, 0.1) is 0 Å². The van der Waals surface area contributed by atoms with E-state index < -0.39 is 17.7 Å². The summed E-state index contributed by atoms with van der Waals surface area (Å²) in [4.78, 5) is 26.1. The summed E-state index contributed by atoms with van der Waals surface area (Å²) in [5.41, 5.74) is 1.47. The smallest absolute Gasteiger partial charge is 0.290 e. The fraction of sp³-hybridized carbons (Fsp3) is 0.158. The monoisotopic (exact) mass is 375 g/mol. The van der Waals surface area contributed by atoms with Crippen LogP contribution in [0.15, 0.2) is 59.9 Å². The van der Waals surface area contributed by atoms with Crippen LogP contribution >= 0.6 is 23.2 Å². The number of Topliss-reactive ketones (excluding diaryl/α,β-unsaturated/α-hetero) is 1. The van der Waals surface area contributed by atoms with Gasteiger partial charge in [0.05, 0.1) is 11.6 Å². The molecular weight excluding hydrogens is 361 g/mol. The predicted molar refractivity (Wildman–Crippen MR) is 96.5 cm³/mol. The van der Waals surface area contributed by atoms with Crippen LogP contribution in [0.2, 0.25) is 10.0 Å². The molecule has 1 N–H and O–H groups in total. The second-order valence-corrected chi connectivity index (χ2v) is 6.65. The maximum Gasteiger partial charge on any atom is 0.290 e. The number of carbonyl (C=O) groups is 2. The summed E-state index contributed by atoms with van der Waals surface area (Å²) in [5, 5.41) is 11.0. The van der Waals surface area contributed by atoms with Gasteiger partial charge in [-0.2, -0.15) is 0 Å². The second-order valence-electron chi connectivity index (χ2n) is 5.81. The predicted octanol–water partition coefficient (Wildman–Crippen LogP) is 4.48. The molecule has 25 heavy (non-hydrogen) atoms. The maximum absolute atomic E-state index is 12.6. The highest BCUT2D eigenvalue weighted by molar-refractivity contribution is 6.35. The van der Waals surface area contributed by atoms with Crippen LogP contribution in [0.5, 0.6) is 0 Å². The van der Waals surface area contributed by atoms with Gasteiger partial charge in [-0.3, -0.25) is 9.59 Å². The van der Waals surface area contributed by atoms with Crippen LogP contribution in [0.1, 0.15) is 24.1 Å². The molecule has 0 radical (unpaired) electrons. The van der Waals surface area contributed by atoms with Gasteiger partial charge in [-0.15, -0.1) is 0 Å². The van der Waals surface area contributed by atoms with Crippen molar-refractivity contribution in [3.8, 4) is 0 Å². The van der Waals surface area contributed by atoms with Gasteiger partial charge >= 0.3 is 0 Å². The molecule has 4 nitrogen and oxygen atoms in total. The fourth-order valence-corrected chi connectivity index (χ4v) is 3.51. The normalized spacial score (nSPS) is 17.3. The number of benzene rings is 2. The van der Waals surface area contributed by atoms with E-state index in [-0.39, 0.29) is 17.9 Å². The zero-order valence-corrected chi connectivity index (χ0v) is 14.9. The van der Waals surface area contributed by atoms with Crippen molar-refractivity contribution in [2.45, 2.75) is 19.5 Å². The van der Waals surface area contributed by atoms with Crippen LogP contribution in [0.3, 0.4) is 0 Å². The number of rotatable bonds is 4. The van der Waals surface area contributed by atoms with Crippen molar-refractivity contribution in [3.05, 3.63) is 81.0 Å². The topological polar surface area (TPSA) is 57.6 Å². The number of aliphatic hydroxyl groups is 1. The molecule has 1 heterocycles. The minimum Gasteiger partial charge on any atom is -0.503 e. The average Bonchev–Trinajstić information content (AvgIpc) is 2.81. The van der Waals surface area contributed by atoms with Gasteiger partial charge in [0.15, 0.2) is 11.5 Å². The number of amides is 1. The molecule has 2 aromatic carbocycles. The van der Waals surface area contributed by atoms with Gasteiger partial charge in [-0.25, -0.2) is 0 Å². The van der Waals surface area contributed by atoms with E-state index in [2.05, 4.69) is 0 Å². The Hall–Kier alpha value is -2.30. The van der Waals surface area contributed by atoms with Gasteiger partial charge in [0.2, 0.25) is 0 Å². The summed E-state index contributed by atoms with van der Waals surface area (Å²) < 4.78 is 0. The molecule has 0 saturated carbocycles. The molecule has 3 rings (SSSR count). The van der Waals surface area contributed by atoms with Gasteiger partial charge in [0, 0.05) is 16.6 Å².